The van der Waals surface area contributed by atoms with Gasteiger partial charge in [-0.2, -0.15) is 0 Å². The molecule has 1 aliphatic heterocycles. The molecule has 4 atom stereocenters. The third-order valence-corrected chi connectivity index (χ3v) is 7.67. The van der Waals surface area contributed by atoms with Crippen LogP contribution in [0, 0.1) is 17.0 Å². The zero-order valence-electron chi connectivity index (χ0n) is 22.1. The molecule has 6 heteroatoms. The van der Waals surface area contributed by atoms with Crippen molar-refractivity contribution in [2.75, 3.05) is 19.6 Å². The predicted molar refractivity (Wildman–Crippen MR) is 142 cm³/mol. The molecule has 1 fully saturated rings. The number of piperidine rings is 1. The second-order valence-electron chi connectivity index (χ2n) is 12.1. The van der Waals surface area contributed by atoms with Crippen molar-refractivity contribution in [3.05, 3.63) is 70.3 Å². The first kappa shape index (κ1) is 27.2. The van der Waals surface area contributed by atoms with Crippen molar-refractivity contribution in [2.24, 2.45) is 11.1 Å². The van der Waals surface area contributed by atoms with Crippen LogP contribution in [0.4, 0.5) is 8.78 Å². The van der Waals surface area contributed by atoms with Gasteiger partial charge in [0.05, 0.1) is 6.10 Å². The van der Waals surface area contributed by atoms with E-state index in [1.807, 2.05) is 0 Å². The molecule has 36 heavy (non-hydrogen) atoms. The fraction of sp³-hybridized carbons (Fsp3) is 0.600. The van der Waals surface area contributed by atoms with Crippen molar-refractivity contribution in [1.29, 1.82) is 0 Å². The molecule has 1 saturated heterocycles. The molecule has 1 heterocycles. The van der Waals surface area contributed by atoms with Crippen LogP contribution in [0.15, 0.2) is 36.4 Å². The molecule has 0 bridgehead atoms. The van der Waals surface area contributed by atoms with Crippen molar-refractivity contribution in [1.82, 2.24) is 10.2 Å². The fourth-order valence-corrected chi connectivity index (χ4v) is 5.99. The molecule has 0 saturated carbocycles. The van der Waals surface area contributed by atoms with Crippen molar-refractivity contribution >= 4 is 0 Å². The first-order chi connectivity index (χ1) is 17.1. The molecule has 1 aliphatic carbocycles. The van der Waals surface area contributed by atoms with Crippen molar-refractivity contribution in [3.63, 3.8) is 0 Å². The predicted octanol–water partition coefficient (Wildman–Crippen LogP) is 4.92. The van der Waals surface area contributed by atoms with Gasteiger partial charge in [0, 0.05) is 30.7 Å². The minimum Gasteiger partial charge on any atom is -0.390 e. The number of hydrogen-bond donors (Lipinski definition) is 3. The molecular weight excluding hydrogens is 456 g/mol. The van der Waals surface area contributed by atoms with E-state index < -0.39 is 23.8 Å². The standard InChI is InChI=1S/C30H43F2N3O/c1-30(2,3)18-20-7-8-22-9-10-27(35-11-5-4-6-12-35)29(25(22)15-20)34-19-28(36)26(33)16-21-13-23(31)17-24(32)14-21/h7-8,13-15,17,26-29,34,36H,4-6,9-12,16,18-19,33H2,1-3H3. The monoisotopic (exact) mass is 499 g/mol. The molecule has 0 amide bonds. The summed E-state index contributed by atoms with van der Waals surface area (Å²) in [6, 6.07) is 10.2. The molecular formula is C30H43F2N3O. The Bertz CT molecular complexity index is 995. The van der Waals surface area contributed by atoms with Gasteiger partial charge in [-0.25, -0.2) is 8.78 Å². The molecule has 4 unspecified atom stereocenters. The molecule has 0 radical (unpaired) electrons. The fourth-order valence-electron chi connectivity index (χ4n) is 5.99. The number of fused-ring (bicyclic) bond motifs is 1. The van der Waals surface area contributed by atoms with Crippen LogP contribution in [0.1, 0.15) is 74.8 Å². The number of aryl methyl sites for hydroxylation is 1. The lowest BCUT2D eigenvalue weighted by molar-refractivity contribution is 0.0970. The number of hydrogen-bond acceptors (Lipinski definition) is 4. The van der Waals surface area contributed by atoms with Gasteiger partial charge in [-0.15, -0.1) is 0 Å². The largest absolute Gasteiger partial charge is 0.390 e. The summed E-state index contributed by atoms with van der Waals surface area (Å²) in [5, 5.41) is 14.6. The van der Waals surface area contributed by atoms with Gasteiger partial charge in [-0.3, -0.25) is 4.90 Å². The van der Waals surface area contributed by atoms with E-state index in [-0.39, 0.29) is 17.9 Å². The van der Waals surface area contributed by atoms with Crippen LogP contribution in [0.2, 0.25) is 0 Å². The molecule has 0 aromatic heterocycles. The van der Waals surface area contributed by atoms with E-state index in [9.17, 15) is 13.9 Å². The second-order valence-corrected chi connectivity index (χ2v) is 12.1. The van der Waals surface area contributed by atoms with Crippen molar-refractivity contribution < 1.29 is 13.9 Å². The number of nitrogens with zero attached hydrogens (tertiary/aromatic N) is 1. The summed E-state index contributed by atoms with van der Waals surface area (Å²) in [5.41, 5.74) is 11.0. The Kier molecular flexibility index (Phi) is 8.82. The van der Waals surface area contributed by atoms with Gasteiger partial charge in [-0.1, -0.05) is 45.4 Å². The quantitative estimate of drug-likeness (QED) is 0.483. The number of halogens is 2. The number of likely N-dealkylation sites (tertiary alicyclic amines) is 1. The Hall–Kier alpha value is -1.86. The summed E-state index contributed by atoms with van der Waals surface area (Å²) in [6.45, 7) is 9.36. The second kappa shape index (κ2) is 11.7. The van der Waals surface area contributed by atoms with E-state index in [1.54, 1.807) is 0 Å². The summed E-state index contributed by atoms with van der Waals surface area (Å²) in [6.07, 6.45) is 6.31. The molecule has 2 aromatic carbocycles. The van der Waals surface area contributed by atoms with Crippen LogP contribution < -0.4 is 11.1 Å². The maximum atomic E-state index is 13.6. The van der Waals surface area contributed by atoms with E-state index in [0.29, 0.717) is 18.2 Å². The van der Waals surface area contributed by atoms with E-state index in [1.165, 1.54) is 48.1 Å². The SMILES string of the molecule is CC(C)(C)Cc1ccc2c(c1)C(NCC(O)C(N)Cc1cc(F)cc(F)c1)C(N1CCCCC1)CC2. The van der Waals surface area contributed by atoms with Crippen LogP contribution in [0.5, 0.6) is 0 Å². The van der Waals surface area contributed by atoms with Gasteiger partial charge >= 0.3 is 0 Å². The number of nitrogens with one attached hydrogen (secondary N) is 1. The minimum absolute atomic E-state index is 0.111. The van der Waals surface area contributed by atoms with E-state index in [4.69, 9.17) is 5.73 Å². The number of benzene rings is 2. The molecule has 2 aliphatic rings. The third-order valence-electron chi connectivity index (χ3n) is 7.67. The van der Waals surface area contributed by atoms with Gasteiger partial charge in [0.15, 0.2) is 0 Å². The summed E-state index contributed by atoms with van der Waals surface area (Å²) in [7, 11) is 0. The Morgan fingerprint density at radius 3 is 2.39 bits per heavy atom. The Morgan fingerprint density at radius 1 is 1.03 bits per heavy atom. The number of aliphatic hydroxyl groups is 1. The summed E-state index contributed by atoms with van der Waals surface area (Å²) >= 11 is 0. The number of aliphatic hydroxyl groups excluding tert-OH is 1. The smallest absolute Gasteiger partial charge is 0.126 e. The van der Waals surface area contributed by atoms with Gasteiger partial charge in [0.2, 0.25) is 0 Å². The zero-order valence-corrected chi connectivity index (χ0v) is 22.1. The van der Waals surface area contributed by atoms with Gasteiger partial charge in [0.25, 0.3) is 0 Å². The lowest BCUT2D eigenvalue weighted by Gasteiger charge is -2.43. The molecule has 4 nitrogen and oxygen atoms in total. The molecule has 4 N–H and O–H groups in total. The Labute approximate surface area is 215 Å². The van der Waals surface area contributed by atoms with Crippen molar-refractivity contribution in [2.45, 2.75) is 89.9 Å². The maximum absolute atomic E-state index is 13.6. The number of nitrogens with two attached hydrogens (primary N) is 1. The van der Waals surface area contributed by atoms with Crippen LogP contribution in [0.3, 0.4) is 0 Å². The van der Waals surface area contributed by atoms with Crippen LogP contribution >= 0.6 is 0 Å². The highest BCUT2D eigenvalue weighted by Crippen LogP contribution is 2.36. The van der Waals surface area contributed by atoms with Crippen LogP contribution in [0.25, 0.3) is 0 Å². The average molecular weight is 500 g/mol. The number of rotatable bonds is 8. The normalized spacial score (nSPS) is 22.8. The van der Waals surface area contributed by atoms with Crippen LogP contribution in [-0.2, 0) is 19.3 Å². The first-order valence-corrected chi connectivity index (χ1v) is 13.6. The first-order valence-electron chi connectivity index (χ1n) is 13.6. The van der Waals surface area contributed by atoms with E-state index >= 15 is 0 Å². The highest BCUT2D eigenvalue weighted by atomic mass is 19.1. The molecule has 198 valence electrons. The van der Waals surface area contributed by atoms with Gasteiger partial charge in [-0.05, 0) is 91.4 Å². The average Bonchev–Trinajstić information content (AvgIpc) is 2.81. The molecule has 4 rings (SSSR count). The van der Waals surface area contributed by atoms with Crippen LogP contribution in [-0.4, -0.2) is 47.8 Å². The third kappa shape index (κ3) is 7.12. The lowest BCUT2D eigenvalue weighted by Crippen LogP contribution is -2.52. The van der Waals surface area contributed by atoms with E-state index in [0.717, 1.165) is 38.4 Å². The summed E-state index contributed by atoms with van der Waals surface area (Å²) < 4.78 is 27.2. The van der Waals surface area contributed by atoms with E-state index in [2.05, 4.69) is 49.2 Å². The highest BCUT2D eigenvalue weighted by molar-refractivity contribution is 5.38. The Balaban J connectivity index is 1.51. The molecule has 0 spiro atoms. The topological polar surface area (TPSA) is 61.5 Å². The summed E-state index contributed by atoms with van der Waals surface area (Å²) in [4.78, 5) is 2.63. The van der Waals surface area contributed by atoms with Crippen molar-refractivity contribution in [3.8, 4) is 0 Å². The lowest BCUT2D eigenvalue weighted by atomic mass is 9.79. The maximum Gasteiger partial charge on any atom is 0.126 e. The van der Waals surface area contributed by atoms with Gasteiger partial charge < -0.3 is 16.2 Å². The molecule has 2 aromatic rings. The summed E-state index contributed by atoms with van der Waals surface area (Å²) in [5.74, 6) is -1.25. The highest BCUT2D eigenvalue weighted by Gasteiger charge is 2.35. The zero-order chi connectivity index (χ0) is 25.9. The minimum atomic E-state index is -0.832. The van der Waals surface area contributed by atoms with Gasteiger partial charge in [0.1, 0.15) is 11.6 Å². The Morgan fingerprint density at radius 2 is 1.72 bits per heavy atom.